The van der Waals surface area contributed by atoms with Gasteiger partial charge in [0.25, 0.3) is 0 Å². The molecule has 2 fully saturated rings. The number of benzene rings is 1. The van der Waals surface area contributed by atoms with E-state index in [9.17, 15) is 0 Å². The number of nitrogens with zero attached hydrogens (tertiary/aromatic N) is 1. The van der Waals surface area contributed by atoms with Gasteiger partial charge in [-0.25, -0.2) is 0 Å². The summed E-state index contributed by atoms with van der Waals surface area (Å²) >= 11 is 0. The van der Waals surface area contributed by atoms with E-state index in [0.29, 0.717) is 5.54 Å². The zero-order valence-electron chi connectivity index (χ0n) is 8.03. The first kappa shape index (κ1) is 7.43. The van der Waals surface area contributed by atoms with Gasteiger partial charge in [-0.2, -0.15) is 0 Å². The fourth-order valence-electron chi connectivity index (χ4n) is 2.76. The Morgan fingerprint density at radius 3 is 2.62 bits per heavy atom. The number of rotatable bonds is 1. The summed E-state index contributed by atoms with van der Waals surface area (Å²) in [4.78, 5) is 2.58. The van der Waals surface area contributed by atoms with Gasteiger partial charge < -0.3 is 4.90 Å². The molecule has 1 aliphatic heterocycles. The van der Waals surface area contributed by atoms with Gasteiger partial charge in [-0.15, -0.1) is 0 Å². The summed E-state index contributed by atoms with van der Waals surface area (Å²) in [7, 11) is 0. The van der Waals surface area contributed by atoms with Crippen LogP contribution < -0.4 is 4.90 Å². The highest BCUT2D eigenvalue weighted by Gasteiger charge is 2.58. The summed E-state index contributed by atoms with van der Waals surface area (Å²) in [6.45, 7) is 3.66. The van der Waals surface area contributed by atoms with Crippen LogP contribution in [0.15, 0.2) is 30.3 Å². The van der Waals surface area contributed by atoms with Crippen molar-refractivity contribution in [2.75, 3.05) is 11.4 Å². The summed E-state index contributed by atoms with van der Waals surface area (Å²) < 4.78 is 0. The number of hydrogen-bond donors (Lipinski definition) is 0. The van der Waals surface area contributed by atoms with Crippen molar-refractivity contribution < 1.29 is 0 Å². The second kappa shape index (κ2) is 2.28. The molecule has 68 valence electrons. The third-order valence-corrected chi connectivity index (χ3v) is 3.76. The molecule has 1 heterocycles. The quantitative estimate of drug-likeness (QED) is 0.631. The fraction of sp³-hybridized carbons (Fsp3) is 0.500. The van der Waals surface area contributed by atoms with Crippen molar-refractivity contribution in [3.8, 4) is 0 Å². The van der Waals surface area contributed by atoms with Crippen LogP contribution in [0.2, 0.25) is 0 Å². The average Bonchev–Trinajstić information content (AvgIpc) is 2.71. The van der Waals surface area contributed by atoms with Crippen LogP contribution in [0.1, 0.15) is 19.8 Å². The molecule has 0 radical (unpaired) electrons. The van der Waals surface area contributed by atoms with E-state index < -0.39 is 0 Å². The van der Waals surface area contributed by atoms with Crippen molar-refractivity contribution in [3.05, 3.63) is 30.3 Å². The van der Waals surface area contributed by atoms with E-state index in [0.717, 1.165) is 5.92 Å². The largest absolute Gasteiger partial charge is 0.366 e. The van der Waals surface area contributed by atoms with E-state index in [2.05, 4.69) is 42.2 Å². The predicted octanol–water partition coefficient (Wildman–Crippen LogP) is 2.68. The van der Waals surface area contributed by atoms with Crippen molar-refractivity contribution >= 4 is 5.69 Å². The molecule has 0 amide bonds. The molecule has 13 heavy (non-hydrogen) atoms. The van der Waals surface area contributed by atoms with Gasteiger partial charge in [-0.1, -0.05) is 18.2 Å². The maximum atomic E-state index is 2.58. The molecule has 1 saturated heterocycles. The third-order valence-electron chi connectivity index (χ3n) is 3.76. The Bertz CT molecular complexity index is 317. The second-order valence-electron chi connectivity index (χ2n) is 4.53. The van der Waals surface area contributed by atoms with Crippen LogP contribution in [0, 0.1) is 5.92 Å². The predicted molar refractivity (Wildman–Crippen MR) is 54.9 cm³/mol. The third kappa shape index (κ3) is 0.932. The highest BCUT2D eigenvalue weighted by atomic mass is 15.3. The van der Waals surface area contributed by atoms with Gasteiger partial charge in [-0.3, -0.25) is 0 Å². The minimum atomic E-state index is 0.515. The van der Waals surface area contributed by atoms with Crippen LogP contribution in [0.5, 0.6) is 0 Å². The van der Waals surface area contributed by atoms with E-state index in [1.165, 1.54) is 25.1 Å². The Morgan fingerprint density at radius 1 is 1.31 bits per heavy atom. The normalized spacial score (nSPS) is 36.1. The van der Waals surface area contributed by atoms with Gasteiger partial charge in [0.1, 0.15) is 0 Å². The lowest BCUT2D eigenvalue weighted by molar-refractivity contribution is 0.688. The minimum Gasteiger partial charge on any atom is -0.366 e. The maximum absolute atomic E-state index is 2.58. The zero-order valence-corrected chi connectivity index (χ0v) is 8.03. The first-order chi connectivity index (χ1) is 6.31. The summed E-state index contributed by atoms with van der Waals surface area (Å²) in [6, 6.07) is 10.8. The first-order valence-corrected chi connectivity index (χ1v) is 5.13. The summed E-state index contributed by atoms with van der Waals surface area (Å²) in [5, 5.41) is 0. The number of para-hydroxylation sites is 1. The Balaban J connectivity index is 1.94. The number of hydrogen-bond acceptors (Lipinski definition) is 1. The van der Waals surface area contributed by atoms with Crippen LogP contribution >= 0.6 is 0 Å². The lowest BCUT2D eigenvalue weighted by Crippen LogP contribution is -2.31. The van der Waals surface area contributed by atoms with Crippen molar-refractivity contribution in [1.29, 1.82) is 0 Å². The van der Waals surface area contributed by atoms with Gasteiger partial charge in [0.05, 0.1) is 0 Å². The molecule has 0 bridgehead atoms. The molecule has 1 aromatic carbocycles. The summed E-state index contributed by atoms with van der Waals surface area (Å²) in [6.07, 6.45) is 2.80. The molecule has 1 saturated carbocycles. The Kier molecular flexibility index (Phi) is 1.30. The average molecular weight is 173 g/mol. The Morgan fingerprint density at radius 2 is 2.08 bits per heavy atom. The number of piperidine rings is 1. The minimum absolute atomic E-state index is 0.515. The van der Waals surface area contributed by atoms with Crippen LogP contribution in [-0.2, 0) is 0 Å². The lowest BCUT2D eigenvalue weighted by Gasteiger charge is -2.27. The number of fused-ring (bicyclic) bond motifs is 1. The zero-order chi connectivity index (χ0) is 8.89. The van der Waals surface area contributed by atoms with Crippen LogP contribution in [0.25, 0.3) is 0 Å². The van der Waals surface area contributed by atoms with Crippen molar-refractivity contribution in [1.82, 2.24) is 0 Å². The molecule has 0 spiro atoms. The second-order valence-corrected chi connectivity index (χ2v) is 4.53. The van der Waals surface area contributed by atoms with Crippen molar-refractivity contribution in [3.63, 3.8) is 0 Å². The van der Waals surface area contributed by atoms with Gasteiger partial charge in [0.15, 0.2) is 0 Å². The van der Waals surface area contributed by atoms with E-state index in [1.54, 1.807) is 0 Å². The van der Waals surface area contributed by atoms with E-state index in [-0.39, 0.29) is 0 Å². The molecular formula is C12H15N. The van der Waals surface area contributed by atoms with E-state index in [4.69, 9.17) is 0 Å². The molecule has 1 aliphatic carbocycles. The van der Waals surface area contributed by atoms with E-state index in [1.807, 2.05) is 0 Å². The number of anilines is 1. The van der Waals surface area contributed by atoms with E-state index >= 15 is 0 Å². The lowest BCUT2D eigenvalue weighted by atomic mass is 10.2. The van der Waals surface area contributed by atoms with Gasteiger partial charge >= 0.3 is 0 Å². The van der Waals surface area contributed by atoms with Gasteiger partial charge in [0, 0.05) is 17.8 Å². The Hall–Kier alpha value is -0.980. The molecule has 2 atom stereocenters. The highest BCUT2D eigenvalue weighted by molar-refractivity contribution is 5.53. The molecular weight excluding hydrogens is 158 g/mol. The maximum Gasteiger partial charge on any atom is 0.0407 e. The van der Waals surface area contributed by atoms with Gasteiger partial charge in [-0.05, 0) is 37.8 Å². The summed E-state index contributed by atoms with van der Waals surface area (Å²) in [5.41, 5.74) is 1.92. The fourth-order valence-corrected chi connectivity index (χ4v) is 2.76. The molecule has 3 rings (SSSR count). The molecule has 1 heteroatoms. The topological polar surface area (TPSA) is 3.24 Å². The molecule has 0 aromatic heterocycles. The Labute approximate surface area is 79.4 Å². The van der Waals surface area contributed by atoms with Crippen LogP contribution in [0.4, 0.5) is 5.69 Å². The van der Waals surface area contributed by atoms with Gasteiger partial charge in [0.2, 0.25) is 0 Å². The highest BCUT2D eigenvalue weighted by Crippen LogP contribution is 2.56. The molecule has 1 aromatic rings. The molecule has 1 nitrogen and oxygen atoms in total. The summed E-state index contributed by atoms with van der Waals surface area (Å²) in [5.74, 6) is 0.979. The first-order valence-electron chi connectivity index (χ1n) is 5.13. The van der Waals surface area contributed by atoms with Crippen molar-refractivity contribution in [2.24, 2.45) is 5.92 Å². The molecule has 0 unspecified atom stereocenters. The monoisotopic (exact) mass is 173 g/mol. The van der Waals surface area contributed by atoms with Crippen LogP contribution in [0.3, 0.4) is 0 Å². The van der Waals surface area contributed by atoms with Crippen molar-refractivity contribution in [2.45, 2.75) is 25.3 Å². The van der Waals surface area contributed by atoms with Crippen LogP contribution in [-0.4, -0.2) is 12.1 Å². The smallest absolute Gasteiger partial charge is 0.0407 e. The SMILES string of the molecule is C[C@@]12C[C@@H]1CCN2c1ccccc1. The molecule has 0 N–H and O–H groups in total. The standard InChI is InChI=1S/C12H15N/c1-12-9-10(12)7-8-13(12)11-5-3-2-4-6-11/h2-6,10H,7-9H2,1H3/t10-,12+/m0/s1. The molecule has 2 aliphatic rings.